The van der Waals surface area contributed by atoms with Crippen molar-refractivity contribution in [2.45, 2.75) is 19.2 Å². The number of aliphatic hydroxyl groups excluding tert-OH is 1. The number of nitrogens with zero attached hydrogens (tertiary/aromatic N) is 1. The van der Waals surface area contributed by atoms with Gasteiger partial charge in [-0.05, 0) is 25.1 Å². The molecule has 0 spiro atoms. The lowest BCUT2D eigenvalue weighted by atomic mass is 10.1. The number of benzene rings is 1. The highest BCUT2D eigenvalue weighted by Gasteiger charge is 2.30. The van der Waals surface area contributed by atoms with Crippen LogP contribution >= 0.6 is 0 Å². The first kappa shape index (κ1) is 13.8. The van der Waals surface area contributed by atoms with Crippen molar-refractivity contribution in [2.75, 3.05) is 18.5 Å². The van der Waals surface area contributed by atoms with Gasteiger partial charge >= 0.3 is 6.18 Å². The average Bonchev–Trinajstić information content (AvgIpc) is 2.14. The number of alkyl halides is 3. The minimum absolute atomic E-state index is 0.136. The van der Waals surface area contributed by atoms with E-state index in [0.29, 0.717) is 0 Å². The van der Waals surface area contributed by atoms with Gasteiger partial charge in [-0.2, -0.15) is 13.2 Å². The lowest BCUT2D eigenvalue weighted by Crippen LogP contribution is -2.31. The zero-order valence-corrected chi connectivity index (χ0v) is 9.42. The predicted octanol–water partition coefficient (Wildman–Crippen LogP) is 2.88. The van der Waals surface area contributed by atoms with Crippen LogP contribution in [-0.4, -0.2) is 24.9 Å². The highest BCUT2D eigenvalue weighted by Crippen LogP contribution is 2.28. The third kappa shape index (κ3) is 3.89. The van der Waals surface area contributed by atoms with E-state index in [9.17, 15) is 22.7 Å². The van der Waals surface area contributed by atoms with Crippen molar-refractivity contribution >= 4 is 5.69 Å². The molecule has 0 aliphatic heterocycles. The van der Waals surface area contributed by atoms with Crippen LogP contribution in [0.3, 0.4) is 0 Å². The number of hydrogen-bond donors (Lipinski definition) is 1. The molecule has 0 heterocycles. The summed E-state index contributed by atoms with van der Waals surface area (Å²) in [6.07, 6.45) is -5.38. The summed E-state index contributed by atoms with van der Waals surface area (Å²) in [6, 6.07) is 3.32. The van der Waals surface area contributed by atoms with Gasteiger partial charge in [0.2, 0.25) is 0 Å². The Morgan fingerprint density at radius 1 is 1.35 bits per heavy atom. The minimum Gasteiger partial charge on any atom is -0.389 e. The van der Waals surface area contributed by atoms with E-state index in [4.69, 9.17) is 0 Å². The van der Waals surface area contributed by atoms with Crippen molar-refractivity contribution in [1.29, 1.82) is 0 Å². The largest absolute Gasteiger partial charge is 0.405 e. The molecule has 1 rings (SSSR count). The number of aliphatic hydroxyl groups is 1. The average molecular weight is 251 g/mol. The van der Waals surface area contributed by atoms with Crippen LogP contribution in [0.25, 0.3) is 0 Å². The van der Waals surface area contributed by atoms with Crippen LogP contribution in [0.15, 0.2) is 18.2 Å². The van der Waals surface area contributed by atoms with Gasteiger partial charge in [0.15, 0.2) is 0 Å². The van der Waals surface area contributed by atoms with Gasteiger partial charge in [-0.15, -0.1) is 0 Å². The van der Waals surface area contributed by atoms with Crippen molar-refractivity contribution in [2.24, 2.45) is 0 Å². The van der Waals surface area contributed by atoms with Crippen LogP contribution < -0.4 is 4.90 Å². The molecule has 6 heteroatoms. The second kappa shape index (κ2) is 4.91. The first-order valence-electron chi connectivity index (χ1n) is 4.96. The Morgan fingerprint density at radius 3 is 2.41 bits per heavy atom. The zero-order valence-electron chi connectivity index (χ0n) is 9.42. The summed E-state index contributed by atoms with van der Waals surface area (Å²) < 4.78 is 49.6. The molecule has 0 fully saturated rings. The molecule has 0 aliphatic carbocycles. The molecule has 0 unspecified atom stereocenters. The van der Waals surface area contributed by atoms with Crippen molar-refractivity contribution in [3.8, 4) is 0 Å². The second-order valence-electron chi connectivity index (χ2n) is 3.85. The van der Waals surface area contributed by atoms with Crippen molar-refractivity contribution < 1.29 is 22.7 Å². The summed E-state index contributed by atoms with van der Waals surface area (Å²) in [7, 11) is 1.24. The molecule has 0 aliphatic rings. The molecule has 0 aromatic heterocycles. The van der Waals surface area contributed by atoms with Crippen molar-refractivity contribution in [3.05, 3.63) is 29.6 Å². The van der Waals surface area contributed by atoms with E-state index >= 15 is 0 Å². The molecule has 0 bridgehead atoms. The molecule has 1 aromatic rings. The molecule has 1 atom stereocenters. The van der Waals surface area contributed by atoms with Gasteiger partial charge in [0.25, 0.3) is 0 Å². The Labute approximate surface area is 96.5 Å². The molecule has 96 valence electrons. The maximum atomic E-state index is 13.0. The van der Waals surface area contributed by atoms with Gasteiger partial charge in [-0.3, -0.25) is 0 Å². The van der Waals surface area contributed by atoms with Gasteiger partial charge in [-0.1, -0.05) is 0 Å². The van der Waals surface area contributed by atoms with Crippen molar-refractivity contribution in [1.82, 2.24) is 0 Å². The highest BCUT2D eigenvalue weighted by atomic mass is 19.4. The van der Waals surface area contributed by atoms with Gasteiger partial charge in [0, 0.05) is 18.3 Å². The fourth-order valence-electron chi connectivity index (χ4n) is 1.56. The Bertz CT molecular complexity index is 390. The predicted molar refractivity (Wildman–Crippen MR) is 56.4 cm³/mol. The number of anilines is 1. The van der Waals surface area contributed by atoms with Crippen LogP contribution in [0.2, 0.25) is 0 Å². The number of rotatable bonds is 3. The van der Waals surface area contributed by atoms with Gasteiger partial charge in [-0.25, -0.2) is 4.39 Å². The van der Waals surface area contributed by atoms with Crippen LogP contribution in [0.4, 0.5) is 23.2 Å². The smallest absolute Gasteiger partial charge is 0.389 e. The monoisotopic (exact) mass is 251 g/mol. The molecule has 17 heavy (non-hydrogen) atoms. The molecule has 0 radical (unpaired) electrons. The summed E-state index contributed by atoms with van der Waals surface area (Å²) in [5.41, 5.74) is 0.301. The van der Waals surface area contributed by atoms with Crippen LogP contribution in [0.1, 0.15) is 18.6 Å². The first-order valence-corrected chi connectivity index (χ1v) is 4.96. The maximum absolute atomic E-state index is 13.0. The SMILES string of the molecule is C[C@H](O)c1cc(F)ccc1N(C)CC(F)(F)F. The van der Waals surface area contributed by atoms with E-state index in [1.54, 1.807) is 0 Å². The summed E-state index contributed by atoms with van der Waals surface area (Å²) >= 11 is 0. The topological polar surface area (TPSA) is 23.5 Å². The fraction of sp³-hybridized carbons (Fsp3) is 0.455. The van der Waals surface area contributed by atoms with Crippen LogP contribution in [0, 0.1) is 5.82 Å². The summed E-state index contributed by atoms with van der Waals surface area (Å²) in [4.78, 5) is 0.932. The Morgan fingerprint density at radius 2 is 1.94 bits per heavy atom. The minimum atomic E-state index is -4.35. The standard InChI is InChI=1S/C11H13F4NO/c1-7(17)9-5-8(12)3-4-10(9)16(2)6-11(13,14)15/h3-5,7,17H,6H2,1-2H3/t7-/m0/s1. The molecular formula is C11H13F4NO. The summed E-state index contributed by atoms with van der Waals surface area (Å²) in [5, 5.41) is 9.40. The number of hydrogen-bond acceptors (Lipinski definition) is 2. The van der Waals surface area contributed by atoms with Gasteiger partial charge < -0.3 is 10.0 Å². The second-order valence-corrected chi connectivity index (χ2v) is 3.85. The highest BCUT2D eigenvalue weighted by molar-refractivity contribution is 5.54. The van der Waals surface area contributed by atoms with Crippen LogP contribution in [0.5, 0.6) is 0 Å². The quantitative estimate of drug-likeness (QED) is 0.835. The Hall–Kier alpha value is -1.30. The molecule has 0 saturated carbocycles. The third-order valence-corrected chi connectivity index (χ3v) is 2.27. The molecule has 1 aromatic carbocycles. The zero-order chi connectivity index (χ0) is 13.2. The van der Waals surface area contributed by atoms with E-state index < -0.39 is 24.6 Å². The summed E-state index contributed by atoms with van der Waals surface area (Å²) in [5.74, 6) is -0.593. The summed E-state index contributed by atoms with van der Waals surface area (Å²) in [6.45, 7) is 0.220. The molecule has 0 amide bonds. The van der Waals surface area contributed by atoms with E-state index in [1.807, 2.05) is 0 Å². The Kier molecular flexibility index (Phi) is 3.98. The van der Waals surface area contributed by atoms with Gasteiger partial charge in [0.05, 0.1) is 6.10 Å². The molecule has 1 N–H and O–H groups in total. The molecule has 0 saturated heterocycles. The Balaban J connectivity index is 3.04. The normalized spacial score (nSPS) is 13.6. The maximum Gasteiger partial charge on any atom is 0.405 e. The van der Waals surface area contributed by atoms with Crippen LogP contribution in [-0.2, 0) is 0 Å². The third-order valence-electron chi connectivity index (χ3n) is 2.27. The van der Waals surface area contributed by atoms with E-state index in [0.717, 1.165) is 17.0 Å². The van der Waals surface area contributed by atoms with Gasteiger partial charge in [0.1, 0.15) is 12.4 Å². The molecular weight excluding hydrogens is 238 g/mol. The van der Waals surface area contributed by atoms with E-state index in [2.05, 4.69) is 0 Å². The van der Waals surface area contributed by atoms with E-state index in [-0.39, 0.29) is 11.3 Å². The lowest BCUT2D eigenvalue weighted by molar-refractivity contribution is -0.119. The van der Waals surface area contributed by atoms with E-state index in [1.165, 1.54) is 20.0 Å². The first-order chi connectivity index (χ1) is 7.70. The number of halogens is 4. The fourth-order valence-corrected chi connectivity index (χ4v) is 1.56. The molecule has 2 nitrogen and oxygen atoms in total. The lowest BCUT2D eigenvalue weighted by Gasteiger charge is -2.24. The van der Waals surface area contributed by atoms with Crippen molar-refractivity contribution in [3.63, 3.8) is 0 Å².